The topological polar surface area (TPSA) is 43.7 Å². The summed E-state index contributed by atoms with van der Waals surface area (Å²) in [4.78, 5) is 1.97. The number of halogens is 1. The number of aromatic hydroxyl groups is 1. The zero-order valence-electron chi connectivity index (χ0n) is 11.3. The Kier molecular flexibility index (Phi) is 5.01. The smallest absolute Gasteiger partial charge is 0.120 e. The molecule has 0 saturated heterocycles. The third-order valence-corrected chi connectivity index (χ3v) is 3.42. The standard InChI is InChI=1S/C16H18ClNO2/c1-18(10-13-4-2-3-5-15(13)19)11-16(20)12-6-8-14(17)9-7-12/h2-9,16,19-20H,10-11H2,1H3. The van der Waals surface area contributed by atoms with Crippen LogP contribution >= 0.6 is 11.6 Å². The molecular weight excluding hydrogens is 274 g/mol. The number of hydrogen-bond acceptors (Lipinski definition) is 3. The summed E-state index contributed by atoms with van der Waals surface area (Å²) in [5.41, 5.74) is 1.68. The van der Waals surface area contributed by atoms with E-state index in [0.717, 1.165) is 11.1 Å². The van der Waals surface area contributed by atoms with Crippen molar-refractivity contribution in [2.24, 2.45) is 0 Å². The molecule has 0 bridgehead atoms. The quantitative estimate of drug-likeness (QED) is 0.889. The van der Waals surface area contributed by atoms with Gasteiger partial charge in [0.15, 0.2) is 0 Å². The van der Waals surface area contributed by atoms with Gasteiger partial charge in [-0.15, -0.1) is 0 Å². The van der Waals surface area contributed by atoms with Gasteiger partial charge in [-0.25, -0.2) is 0 Å². The number of phenols is 1. The third-order valence-electron chi connectivity index (χ3n) is 3.17. The van der Waals surface area contributed by atoms with Crippen LogP contribution in [0, 0.1) is 0 Å². The molecule has 3 nitrogen and oxygen atoms in total. The van der Waals surface area contributed by atoms with E-state index in [-0.39, 0.29) is 5.75 Å². The van der Waals surface area contributed by atoms with Crippen LogP contribution in [0.2, 0.25) is 5.02 Å². The Morgan fingerprint density at radius 2 is 1.75 bits per heavy atom. The van der Waals surface area contributed by atoms with E-state index in [0.29, 0.717) is 18.1 Å². The normalized spacial score (nSPS) is 12.6. The second kappa shape index (κ2) is 6.75. The van der Waals surface area contributed by atoms with Gasteiger partial charge in [-0.05, 0) is 30.8 Å². The van der Waals surface area contributed by atoms with E-state index in [1.165, 1.54) is 0 Å². The lowest BCUT2D eigenvalue weighted by Gasteiger charge is -2.21. The zero-order valence-corrected chi connectivity index (χ0v) is 12.1. The van der Waals surface area contributed by atoms with Crippen LogP contribution in [0.25, 0.3) is 0 Å². The van der Waals surface area contributed by atoms with Crippen molar-refractivity contribution in [3.05, 3.63) is 64.7 Å². The highest BCUT2D eigenvalue weighted by Crippen LogP contribution is 2.20. The number of likely N-dealkylation sites (N-methyl/N-ethyl adjacent to an activating group) is 1. The Morgan fingerprint density at radius 1 is 1.10 bits per heavy atom. The van der Waals surface area contributed by atoms with Crippen molar-refractivity contribution < 1.29 is 10.2 Å². The number of phenolic OH excluding ortho intramolecular Hbond substituents is 1. The molecule has 2 rings (SSSR count). The molecule has 0 aromatic heterocycles. The lowest BCUT2D eigenvalue weighted by Crippen LogP contribution is -2.24. The lowest BCUT2D eigenvalue weighted by molar-refractivity contribution is 0.123. The maximum Gasteiger partial charge on any atom is 0.120 e. The van der Waals surface area contributed by atoms with E-state index in [4.69, 9.17) is 11.6 Å². The highest BCUT2D eigenvalue weighted by Gasteiger charge is 2.12. The van der Waals surface area contributed by atoms with E-state index < -0.39 is 6.10 Å². The molecule has 0 radical (unpaired) electrons. The number of nitrogens with zero attached hydrogens (tertiary/aromatic N) is 1. The van der Waals surface area contributed by atoms with E-state index >= 15 is 0 Å². The van der Waals surface area contributed by atoms with Crippen molar-refractivity contribution in [2.45, 2.75) is 12.6 Å². The van der Waals surface area contributed by atoms with Gasteiger partial charge in [-0.2, -0.15) is 0 Å². The molecule has 2 aromatic rings. The molecule has 0 heterocycles. The summed E-state index contributed by atoms with van der Waals surface area (Å²) in [5.74, 6) is 0.278. The largest absolute Gasteiger partial charge is 0.508 e. The molecule has 0 aliphatic rings. The van der Waals surface area contributed by atoms with Gasteiger partial charge in [0.05, 0.1) is 6.10 Å². The van der Waals surface area contributed by atoms with E-state index in [1.807, 2.05) is 36.2 Å². The first kappa shape index (κ1) is 14.9. The Hall–Kier alpha value is -1.55. The minimum atomic E-state index is -0.580. The average Bonchev–Trinajstić information content (AvgIpc) is 2.42. The van der Waals surface area contributed by atoms with Crippen LogP contribution < -0.4 is 0 Å². The summed E-state index contributed by atoms with van der Waals surface area (Å²) >= 11 is 5.83. The molecular formula is C16H18ClNO2. The zero-order chi connectivity index (χ0) is 14.5. The number of aliphatic hydroxyl groups excluding tert-OH is 1. The minimum Gasteiger partial charge on any atom is -0.508 e. The maximum atomic E-state index is 10.2. The Balaban J connectivity index is 1.96. The fraction of sp³-hybridized carbons (Fsp3) is 0.250. The number of hydrogen-bond donors (Lipinski definition) is 2. The highest BCUT2D eigenvalue weighted by atomic mass is 35.5. The molecule has 4 heteroatoms. The van der Waals surface area contributed by atoms with Crippen molar-refractivity contribution in [3.8, 4) is 5.75 Å². The van der Waals surface area contributed by atoms with Crippen LogP contribution in [-0.2, 0) is 6.54 Å². The van der Waals surface area contributed by atoms with Crippen LogP contribution in [0.4, 0.5) is 0 Å². The van der Waals surface area contributed by atoms with Crippen molar-refractivity contribution in [1.29, 1.82) is 0 Å². The average molecular weight is 292 g/mol. The summed E-state index contributed by atoms with van der Waals surface area (Å²) in [7, 11) is 1.91. The molecule has 2 aromatic carbocycles. The van der Waals surface area contributed by atoms with E-state index in [2.05, 4.69) is 0 Å². The fourth-order valence-corrected chi connectivity index (χ4v) is 2.21. The van der Waals surface area contributed by atoms with Crippen LogP contribution in [0.3, 0.4) is 0 Å². The van der Waals surface area contributed by atoms with Gasteiger partial charge in [0, 0.05) is 23.7 Å². The molecule has 0 aliphatic carbocycles. The van der Waals surface area contributed by atoms with Gasteiger partial charge in [0.2, 0.25) is 0 Å². The van der Waals surface area contributed by atoms with Gasteiger partial charge in [0.1, 0.15) is 5.75 Å². The molecule has 20 heavy (non-hydrogen) atoms. The van der Waals surface area contributed by atoms with Gasteiger partial charge in [-0.3, -0.25) is 4.90 Å². The van der Waals surface area contributed by atoms with Crippen molar-refractivity contribution in [2.75, 3.05) is 13.6 Å². The molecule has 0 fully saturated rings. The first-order chi connectivity index (χ1) is 9.56. The van der Waals surface area contributed by atoms with Crippen LogP contribution in [0.15, 0.2) is 48.5 Å². The SMILES string of the molecule is CN(Cc1ccccc1O)CC(O)c1ccc(Cl)cc1. The summed E-state index contributed by atoms with van der Waals surface area (Å²) in [6.07, 6.45) is -0.580. The molecule has 0 spiro atoms. The van der Waals surface area contributed by atoms with Crippen LogP contribution in [0.5, 0.6) is 5.75 Å². The first-order valence-corrected chi connectivity index (χ1v) is 6.83. The minimum absolute atomic E-state index is 0.278. The predicted molar refractivity (Wildman–Crippen MR) is 80.9 cm³/mol. The number of para-hydroxylation sites is 1. The number of rotatable bonds is 5. The summed E-state index contributed by atoms with van der Waals surface area (Å²) in [6.45, 7) is 1.06. The van der Waals surface area contributed by atoms with E-state index in [9.17, 15) is 10.2 Å². The Labute approximate surface area is 124 Å². The third kappa shape index (κ3) is 3.97. The van der Waals surface area contributed by atoms with Crippen molar-refractivity contribution in [3.63, 3.8) is 0 Å². The van der Waals surface area contributed by atoms with E-state index in [1.54, 1.807) is 24.3 Å². The Bertz CT molecular complexity index is 557. The first-order valence-electron chi connectivity index (χ1n) is 6.45. The second-order valence-electron chi connectivity index (χ2n) is 4.89. The molecule has 1 unspecified atom stereocenters. The molecule has 0 aliphatic heterocycles. The molecule has 106 valence electrons. The molecule has 1 atom stereocenters. The van der Waals surface area contributed by atoms with Crippen molar-refractivity contribution >= 4 is 11.6 Å². The lowest BCUT2D eigenvalue weighted by atomic mass is 10.1. The second-order valence-corrected chi connectivity index (χ2v) is 5.33. The van der Waals surface area contributed by atoms with Gasteiger partial charge < -0.3 is 10.2 Å². The van der Waals surface area contributed by atoms with Crippen molar-refractivity contribution in [1.82, 2.24) is 4.90 Å². The summed E-state index contributed by atoms with van der Waals surface area (Å²) in [6, 6.07) is 14.4. The Morgan fingerprint density at radius 3 is 2.40 bits per heavy atom. The highest BCUT2D eigenvalue weighted by molar-refractivity contribution is 6.30. The van der Waals surface area contributed by atoms with Crippen LogP contribution in [0.1, 0.15) is 17.2 Å². The molecule has 2 N–H and O–H groups in total. The molecule has 0 saturated carbocycles. The maximum absolute atomic E-state index is 10.2. The summed E-state index contributed by atoms with van der Waals surface area (Å²) in [5, 5.41) is 20.6. The van der Waals surface area contributed by atoms with Crippen LogP contribution in [-0.4, -0.2) is 28.7 Å². The summed E-state index contributed by atoms with van der Waals surface area (Å²) < 4.78 is 0. The number of aliphatic hydroxyl groups is 1. The monoisotopic (exact) mass is 291 g/mol. The van der Waals surface area contributed by atoms with Gasteiger partial charge in [0.25, 0.3) is 0 Å². The molecule has 0 amide bonds. The van der Waals surface area contributed by atoms with Gasteiger partial charge >= 0.3 is 0 Å². The van der Waals surface area contributed by atoms with Gasteiger partial charge in [-0.1, -0.05) is 41.9 Å². The fourth-order valence-electron chi connectivity index (χ4n) is 2.09. The predicted octanol–water partition coefficient (Wildman–Crippen LogP) is 3.21. The number of benzene rings is 2.